The van der Waals surface area contributed by atoms with Gasteiger partial charge in [0.2, 0.25) is 5.91 Å². The van der Waals surface area contributed by atoms with Gasteiger partial charge in [-0.2, -0.15) is 18.3 Å². The standard InChI is InChI=1S/C34H29BrF3N7O2/c1-20-14-26-29(18-43(20)32(46)23-10-13-28(35)27(16-23)34(36,37)38)45-31(24(17-40-45)15-21-6-4-3-5-7-21)44(33(26)47)25-11-8-22(9-12-25)30-41-39-19-42(30)2/h3-13,16-17,19-20,26,29H,14-15,18H2,1-2H3/t20-,26?,29?/m1/s1. The van der Waals surface area contributed by atoms with E-state index in [9.17, 15) is 22.8 Å². The first-order chi connectivity index (χ1) is 22.5. The Labute approximate surface area is 276 Å². The van der Waals surface area contributed by atoms with E-state index in [-0.39, 0.29) is 22.5 Å². The number of carbonyl (C=O) groups excluding carboxylic acids is 2. The highest BCUT2D eigenvalue weighted by Gasteiger charge is 2.48. The van der Waals surface area contributed by atoms with E-state index in [4.69, 9.17) is 5.10 Å². The molecular formula is C34H29BrF3N7O2. The minimum absolute atomic E-state index is 0.0666. The van der Waals surface area contributed by atoms with Crippen LogP contribution in [0, 0.1) is 5.92 Å². The van der Waals surface area contributed by atoms with Crippen molar-refractivity contribution in [3.63, 3.8) is 0 Å². The molecule has 1 fully saturated rings. The number of piperidine rings is 1. The Morgan fingerprint density at radius 2 is 1.79 bits per heavy atom. The van der Waals surface area contributed by atoms with Crippen LogP contribution in [0.5, 0.6) is 0 Å². The number of amides is 2. The molecule has 0 N–H and O–H groups in total. The topological polar surface area (TPSA) is 89.2 Å². The highest BCUT2D eigenvalue weighted by Crippen LogP contribution is 2.45. The fraction of sp³-hybridized carbons (Fsp3) is 0.265. The number of fused-ring (bicyclic) bond motifs is 3. The van der Waals surface area contributed by atoms with E-state index in [1.165, 1.54) is 12.1 Å². The van der Waals surface area contributed by atoms with Crippen molar-refractivity contribution in [2.24, 2.45) is 13.0 Å². The number of benzene rings is 3. The van der Waals surface area contributed by atoms with E-state index in [2.05, 4.69) is 26.1 Å². The van der Waals surface area contributed by atoms with Gasteiger partial charge in [0.05, 0.1) is 29.4 Å². The normalized spacial score (nSPS) is 19.4. The maximum atomic E-state index is 14.5. The van der Waals surface area contributed by atoms with Gasteiger partial charge >= 0.3 is 6.18 Å². The monoisotopic (exact) mass is 703 g/mol. The van der Waals surface area contributed by atoms with E-state index in [0.29, 0.717) is 30.2 Å². The summed E-state index contributed by atoms with van der Waals surface area (Å²) in [7, 11) is 1.86. The molecule has 0 radical (unpaired) electrons. The first-order valence-electron chi connectivity index (χ1n) is 15.1. The fourth-order valence-electron chi connectivity index (χ4n) is 6.64. The zero-order chi connectivity index (χ0) is 33.0. The summed E-state index contributed by atoms with van der Waals surface area (Å²) in [6.07, 6.45) is -0.409. The smallest absolute Gasteiger partial charge is 0.334 e. The minimum atomic E-state index is -4.63. The number of aromatic nitrogens is 5. The molecule has 2 aliphatic heterocycles. The molecule has 0 saturated carbocycles. The molecule has 1 saturated heterocycles. The lowest BCUT2D eigenvalue weighted by atomic mass is 9.84. The largest absolute Gasteiger partial charge is 0.417 e. The number of likely N-dealkylation sites (tertiary alicyclic amines) is 1. The van der Waals surface area contributed by atoms with Crippen LogP contribution in [0.2, 0.25) is 0 Å². The van der Waals surface area contributed by atoms with Gasteiger partial charge in [0, 0.05) is 47.2 Å². The average Bonchev–Trinajstić information content (AvgIpc) is 3.67. The number of rotatable bonds is 5. The van der Waals surface area contributed by atoms with Crippen molar-refractivity contribution < 1.29 is 22.8 Å². The third-order valence-electron chi connectivity index (χ3n) is 8.99. The van der Waals surface area contributed by atoms with Crippen LogP contribution in [0.4, 0.5) is 24.7 Å². The zero-order valence-electron chi connectivity index (χ0n) is 25.4. The molecule has 3 atom stereocenters. The second kappa shape index (κ2) is 11.8. The lowest BCUT2D eigenvalue weighted by Gasteiger charge is -2.47. The number of alkyl halides is 3. The number of aryl methyl sites for hydroxylation is 1. The van der Waals surface area contributed by atoms with Crippen molar-refractivity contribution >= 4 is 39.2 Å². The second-order valence-corrected chi connectivity index (χ2v) is 12.8. The van der Waals surface area contributed by atoms with E-state index < -0.39 is 35.6 Å². The molecule has 47 heavy (non-hydrogen) atoms. The van der Waals surface area contributed by atoms with E-state index in [1.54, 1.807) is 22.3 Å². The van der Waals surface area contributed by atoms with Crippen molar-refractivity contribution in [3.8, 4) is 11.4 Å². The molecule has 5 aromatic rings. The van der Waals surface area contributed by atoms with Gasteiger partial charge in [0.25, 0.3) is 5.91 Å². The number of hydrogen-bond donors (Lipinski definition) is 0. The molecule has 4 heterocycles. The summed E-state index contributed by atoms with van der Waals surface area (Å²) in [5.41, 5.74) is 2.40. The molecule has 7 rings (SSSR count). The van der Waals surface area contributed by atoms with Crippen LogP contribution in [-0.4, -0.2) is 53.8 Å². The van der Waals surface area contributed by atoms with Gasteiger partial charge < -0.3 is 9.47 Å². The Bertz CT molecular complexity index is 1970. The highest BCUT2D eigenvalue weighted by atomic mass is 79.9. The van der Waals surface area contributed by atoms with Crippen LogP contribution in [0.3, 0.4) is 0 Å². The van der Waals surface area contributed by atoms with Gasteiger partial charge in [-0.15, -0.1) is 10.2 Å². The fourth-order valence-corrected chi connectivity index (χ4v) is 7.11. The molecule has 9 nitrogen and oxygen atoms in total. The summed E-state index contributed by atoms with van der Waals surface area (Å²) < 4.78 is 44.5. The van der Waals surface area contributed by atoms with Gasteiger partial charge in [0.15, 0.2) is 5.82 Å². The van der Waals surface area contributed by atoms with Crippen LogP contribution >= 0.6 is 15.9 Å². The van der Waals surface area contributed by atoms with Crippen molar-refractivity contribution in [1.82, 2.24) is 29.4 Å². The van der Waals surface area contributed by atoms with Gasteiger partial charge in [-0.3, -0.25) is 14.5 Å². The molecule has 2 amide bonds. The Kier molecular flexibility index (Phi) is 7.74. The maximum Gasteiger partial charge on any atom is 0.417 e. The van der Waals surface area contributed by atoms with E-state index in [0.717, 1.165) is 22.8 Å². The van der Waals surface area contributed by atoms with Gasteiger partial charge in [-0.1, -0.05) is 46.3 Å². The van der Waals surface area contributed by atoms with E-state index in [1.807, 2.05) is 77.8 Å². The number of hydrogen-bond acceptors (Lipinski definition) is 5. The predicted octanol–water partition coefficient (Wildman–Crippen LogP) is 6.82. The molecule has 0 aliphatic carbocycles. The molecule has 2 aromatic heterocycles. The first kappa shape index (κ1) is 30.9. The third-order valence-corrected chi connectivity index (χ3v) is 9.68. The van der Waals surface area contributed by atoms with Crippen LogP contribution in [-0.2, 0) is 24.4 Å². The molecule has 2 unspecified atom stereocenters. The predicted molar refractivity (Wildman–Crippen MR) is 172 cm³/mol. The quantitative estimate of drug-likeness (QED) is 0.201. The molecule has 3 aromatic carbocycles. The summed E-state index contributed by atoms with van der Waals surface area (Å²) in [5.74, 6) is 0.138. The lowest BCUT2D eigenvalue weighted by Crippen LogP contribution is -2.56. The third kappa shape index (κ3) is 5.52. The van der Waals surface area contributed by atoms with Crippen molar-refractivity contribution in [2.75, 3.05) is 11.4 Å². The summed E-state index contributed by atoms with van der Waals surface area (Å²) in [6.45, 7) is 1.94. The Morgan fingerprint density at radius 1 is 1.04 bits per heavy atom. The summed E-state index contributed by atoms with van der Waals surface area (Å²) in [5, 5.41) is 12.9. The minimum Gasteiger partial charge on any atom is -0.334 e. The molecule has 13 heteroatoms. The first-order valence-corrected chi connectivity index (χ1v) is 15.9. The maximum absolute atomic E-state index is 14.5. The van der Waals surface area contributed by atoms with Crippen LogP contribution < -0.4 is 4.90 Å². The number of carbonyl (C=O) groups is 2. The SMILES string of the molecule is C[C@@H]1CC2C(=O)N(c3ccc(-c4nncn4C)cc3)c3c(Cc4ccccc4)cnn3C2CN1C(=O)c1ccc(Br)c(C(F)(F)F)c1. The molecule has 2 aliphatic rings. The molecule has 240 valence electrons. The van der Waals surface area contributed by atoms with Crippen molar-refractivity contribution in [3.05, 3.63) is 112 Å². The van der Waals surface area contributed by atoms with Gasteiger partial charge in [-0.05, 0) is 61.4 Å². The Morgan fingerprint density at radius 3 is 2.47 bits per heavy atom. The second-order valence-electron chi connectivity index (χ2n) is 12.0. The van der Waals surface area contributed by atoms with Gasteiger partial charge in [0.1, 0.15) is 12.1 Å². The van der Waals surface area contributed by atoms with Crippen LogP contribution in [0.25, 0.3) is 11.4 Å². The average molecular weight is 705 g/mol. The summed E-state index contributed by atoms with van der Waals surface area (Å²) in [6, 6.07) is 20.0. The van der Waals surface area contributed by atoms with Gasteiger partial charge in [-0.25, -0.2) is 4.68 Å². The number of nitrogens with zero attached hydrogens (tertiary/aromatic N) is 7. The Hall–Kier alpha value is -4.78. The summed E-state index contributed by atoms with van der Waals surface area (Å²) in [4.78, 5) is 31.5. The van der Waals surface area contributed by atoms with Crippen LogP contribution in [0.1, 0.15) is 46.4 Å². The van der Waals surface area contributed by atoms with Crippen molar-refractivity contribution in [2.45, 2.75) is 38.0 Å². The molecule has 0 bridgehead atoms. The number of halogens is 4. The highest BCUT2D eigenvalue weighted by molar-refractivity contribution is 9.10. The van der Waals surface area contributed by atoms with Crippen molar-refractivity contribution in [1.29, 1.82) is 0 Å². The molecular weight excluding hydrogens is 675 g/mol. The zero-order valence-corrected chi connectivity index (χ0v) is 27.0. The molecule has 0 spiro atoms. The van der Waals surface area contributed by atoms with Crippen LogP contribution in [0.15, 0.2) is 89.8 Å². The lowest BCUT2D eigenvalue weighted by molar-refractivity contribution is -0.138. The van der Waals surface area contributed by atoms with E-state index >= 15 is 0 Å². The Balaban J connectivity index is 1.27. The number of anilines is 2. The summed E-state index contributed by atoms with van der Waals surface area (Å²) >= 11 is 2.96.